The Bertz CT molecular complexity index is 973. The van der Waals surface area contributed by atoms with Gasteiger partial charge in [0.2, 0.25) is 0 Å². The molecule has 3 aromatic rings. The summed E-state index contributed by atoms with van der Waals surface area (Å²) in [5, 5.41) is 0. The molecule has 1 aliphatic rings. The molecule has 1 aromatic heterocycles. The molecule has 4 rings (SSSR count). The minimum Gasteiger partial charge on any atom is -0.348 e. The van der Waals surface area contributed by atoms with Gasteiger partial charge in [0.05, 0.1) is 0 Å². The Morgan fingerprint density at radius 2 is 1.77 bits per heavy atom. The summed E-state index contributed by atoms with van der Waals surface area (Å²) in [6.07, 6.45) is 2.10. The summed E-state index contributed by atoms with van der Waals surface area (Å²) in [4.78, 5) is 2.46. The Labute approximate surface area is 153 Å². The third-order valence-corrected chi connectivity index (χ3v) is 4.73. The summed E-state index contributed by atoms with van der Waals surface area (Å²) in [5.41, 5.74) is 5.62. The van der Waals surface area contributed by atoms with E-state index in [1.807, 2.05) is 6.07 Å². The molecule has 2 aromatic carbocycles. The lowest BCUT2D eigenvalue weighted by molar-refractivity contribution is 0.213. The average molecular weight is 344 g/mol. The van der Waals surface area contributed by atoms with Gasteiger partial charge in [-0.25, -0.2) is 4.39 Å². The van der Waals surface area contributed by atoms with E-state index in [0.29, 0.717) is 5.56 Å². The highest BCUT2D eigenvalue weighted by Crippen LogP contribution is 2.18. The minimum atomic E-state index is -0.250. The van der Waals surface area contributed by atoms with Gasteiger partial charge in [0.25, 0.3) is 0 Å². The smallest absolute Gasteiger partial charge is 0.124 e. The van der Waals surface area contributed by atoms with Gasteiger partial charge in [0, 0.05) is 49.2 Å². The van der Waals surface area contributed by atoms with E-state index < -0.39 is 0 Å². The maximum atomic E-state index is 13.2. The second kappa shape index (κ2) is 7.19. The first-order valence-electron chi connectivity index (χ1n) is 8.90. The summed E-state index contributed by atoms with van der Waals surface area (Å²) < 4.78 is 15.5. The fourth-order valence-electron chi connectivity index (χ4n) is 3.32. The molecule has 0 radical (unpaired) electrons. The molecule has 0 aliphatic carbocycles. The van der Waals surface area contributed by atoms with Crippen molar-refractivity contribution in [1.29, 1.82) is 0 Å². The van der Waals surface area contributed by atoms with Crippen LogP contribution >= 0.6 is 0 Å². The van der Waals surface area contributed by atoms with Crippen molar-refractivity contribution in [2.45, 2.75) is 26.6 Å². The molecule has 0 amide bonds. The molecular weight excluding hydrogens is 323 g/mol. The topological polar surface area (TPSA) is 8.17 Å². The second-order valence-electron chi connectivity index (χ2n) is 6.87. The molecule has 0 atom stereocenters. The van der Waals surface area contributed by atoms with Crippen LogP contribution in [0.5, 0.6) is 0 Å². The zero-order valence-electron chi connectivity index (χ0n) is 14.9. The number of nitrogens with zero attached hydrogens (tertiary/aromatic N) is 2. The average Bonchev–Trinajstić information content (AvgIpc) is 3.04. The Morgan fingerprint density at radius 1 is 0.962 bits per heavy atom. The Hall–Kier alpha value is -2.83. The minimum absolute atomic E-state index is 0.250. The van der Waals surface area contributed by atoms with E-state index in [2.05, 4.69) is 64.8 Å². The van der Waals surface area contributed by atoms with Crippen LogP contribution < -0.4 is 0 Å². The van der Waals surface area contributed by atoms with Crippen LogP contribution in [-0.2, 0) is 19.6 Å². The number of hydrogen-bond donors (Lipinski definition) is 0. The van der Waals surface area contributed by atoms with Crippen molar-refractivity contribution in [3.8, 4) is 11.8 Å². The van der Waals surface area contributed by atoms with Crippen LogP contribution in [0.25, 0.3) is 0 Å². The lowest BCUT2D eigenvalue weighted by Crippen LogP contribution is -2.32. The van der Waals surface area contributed by atoms with Crippen LogP contribution in [0.3, 0.4) is 0 Å². The third-order valence-electron chi connectivity index (χ3n) is 4.73. The summed E-state index contributed by atoms with van der Waals surface area (Å²) in [6.45, 7) is 6.02. The number of aromatic nitrogens is 1. The molecule has 0 saturated carbocycles. The van der Waals surface area contributed by atoms with Crippen LogP contribution in [0.15, 0.2) is 60.8 Å². The zero-order valence-corrected chi connectivity index (χ0v) is 14.9. The predicted octanol–water partition coefficient (Wildman–Crippen LogP) is 4.35. The van der Waals surface area contributed by atoms with E-state index >= 15 is 0 Å². The maximum absolute atomic E-state index is 13.2. The molecular formula is C23H21FN2. The van der Waals surface area contributed by atoms with Crippen LogP contribution in [0, 0.1) is 24.6 Å². The van der Waals surface area contributed by atoms with E-state index in [-0.39, 0.29) is 5.82 Å². The van der Waals surface area contributed by atoms with Gasteiger partial charge in [0.1, 0.15) is 5.82 Å². The Kier molecular flexibility index (Phi) is 4.60. The normalized spacial score (nSPS) is 13.8. The molecule has 0 bridgehead atoms. The van der Waals surface area contributed by atoms with Crippen molar-refractivity contribution < 1.29 is 4.39 Å². The fourth-order valence-corrected chi connectivity index (χ4v) is 3.32. The third kappa shape index (κ3) is 3.87. The molecule has 2 nitrogen and oxygen atoms in total. The molecule has 3 heteroatoms. The quantitative estimate of drug-likeness (QED) is 0.628. The highest BCUT2D eigenvalue weighted by atomic mass is 19.1. The SMILES string of the molecule is Cc1ccc(CN2CCn3cc(C#Cc4cccc(F)c4)cc3C2)cc1. The highest BCUT2D eigenvalue weighted by Gasteiger charge is 2.16. The summed E-state index contributed by atoms with van der Waals surface area (Å²) in [7, 11) is 0. The molecule has 2 heterocycles. The van der Waals surface area contributed by atoms with Crippen molar-refractivity contribution >= 4 is 0 Å². The Morgan fingerprint density at radius 3 is 2.58 bits per heavy atom. The van der Waals surface area contributed by atoms with E-state index in [1.165, 1.54) is 29.0 Å². The van der Waals surface area contributed by atoms with Gasteiger partial charge in [-0.15, -0.1) is 0 Å². The van der Waals surface area contributed by atoms with Gasteiger partial charge in [0.15, 0.2) is 0 Å². The van der Waals surface area contributed by atoms with Gasteiger partial charge in [-0.3, -0.25) is 4.90 Å². The molecule has 0 fully saturated rings. The second-order valence-corrected chi connectivity index (χ2v) is 6.87. The lowest BCUT2D eigenvalue weighted by atomic mass is 10.1. The van der Waals surface area contributed by atoms with E-state index in [0.717, 1.165) is 31.7 Å². The van der Waals surface area contributed by atoms with Crippen LogP contribution in [-0.4, -0.2) is 16.0 Å². The first-order chi connectivity index (χ1) is 12.7. The summed E-state index contributed by atoms with van der Waals surface area (Å²) >= 11 is 0. The van der Waals surface area contributed by atoms with Crippen molar-refractivity contribution in [3.63, 3.8) is 0 Å². The molecule has 0 saturated heterocycles. The van der Waals surface area contributed by atoms with Gasteiger partial charge in [-0.2, -0.15) is 0 Å². The summed E-state index contributed by atoms with van der Waals surface area (Å²) in [6, 6.07) is 17.3. The van der Waals surface area contributed by atoms with Gasteiger partial charge >= 0.3 is 0 Å². The molecule has 26 heavy (non-hydrogen) atoms. The number of halogens is 1. The van der Waals surface area contributed by atoms with Crippen LogP contribution in [0.4, 0.5) is 4.39 Å². The predicted molar refractivity (Wildman–Crippen MR) is 102 cm³/mol. The van der Waals surface area contributed by atoms with Crippen molar-refractivity contribution in [2.75, 3.05) is 6.54 Å². The van der Waals surface area contributed by atoms with Crippen LogP contribution in [0.1, 0.15) is 27.9 Å². The molecule has 130 valence electrons. The monoisotopic (exact) mass is 344 g/mol. The van der Waals surface area contributed by atoms with Crippen molar-refractivity contribution in [1.82, 2.24) is 9.47 Å². The van der Waals surface area contributed by atoms with Gasteiger partial charge in [-0.05, 0) is 36.8 Å². The Balaban J connectivity index is 1.46. The van der Waals surface area contributed by atoms with E-state index in [9.17, 15) is 4.39 Å². The number of rotatable bonds is 2. The number of aryl methyl sites for hydroxylation is 1. The van der Waals surface area contributed by atoms with Crippen LogP contribution in [0.2, 0.25) is 0 Å². The highest BCUT2D eigenvalue weighted by molar-refractivity contribution is 5.43. The molecule has 0 N–H and O–H groups in total. The number of fused-ring (bicyclic) bond motifs is 1. The number of benzene rings is 2. The van der Waals surface area contributed by atoms with Crippen molar-refractivity contribution in [2.24, 2.45) is 0 Å². The van der Waals surface area contributed by atoms with E-state index in [4.69, 9.17) is 0 Å². The molecule has 0 spiro atoms. The first kappa shape index (κ1) is 16.6. The zero-order chi connectivity index (χ0) is 17.9. The molecule has 0 unspecified atom stereocenters. The van der Waals surface area contributed by atoms with E-state index in [1.54, 1.807) is 6.07 Å². The van der Waals surface area contributed by atoms with Crippen molar-refractivity contribution in [3.05, 3.63) is 94.6 Å². The summed E-state index contributed by atoms with van der Waals surface area (Å²) in [5.74, 6) is 5.96. The lowest BCUT2D eigenvalue weighted by Gasteiger charge is -2.28. The fraction of sp³-hybridized carbons (Fsp3) is 0.217. The van der Waals surface area contributed by atoms with Gasteiger partial charge < -0.3 is 4.57 Å². The largest absolute Gasteiger partial charge is 0.348 e. The standard InChI is InChI=1S/C23H21FN2/c1-18-5-7-20(8-6-18)15-25-11-12-26-16-21(14-23(26)17-25)10-9-19-3-2-4-22(24)13-19/h2-8,13-14,16H,11-12,15,17H2,1H3. The van der Waals surface area contributed by atoms with Gasteiger partial charge in [-0.1, -0.05) is 47.7 Å². The first-order valence-corrected chi connectivity index (χ1v) is 8.90. The maximum Gasteiger partial charge on any atom is 0.124 e. The molecule has 1 aliphatic heterocycles. The number of hydrogen-bond acceptors (Lipinski definition) is 1.